The number of benzene rings is 3. The lowest BCUT2D eigenvalue weighted by Crippen LogP contribution is -2.30. The number of Topliss-reactive ketones (excluding diaryl/α,β-unsaturated/α-hetero) is 1. The molecule has 1 aliphatic heterocycles. The zero-order chi connectivity index (χ0) is 27.2. The summed E-state index contributed by atoms with van der Waals surface area (Å²) in [5.41, 5.74) is 1.88. The maximum absolute atomic E-state index is 14.9. The molecule has 0 atom stereocenters. The van der Waals surface area contributed by atoms with E-state index in [2.05, 4.69) is 15.1 Å². The molecule has 1 saturated heterocycles. The fourth-order valence-electron chi connectivity index (χ4n) is 4.65. The van der Waals surface area contributed by atoms with Gasteiger partial charge in [-0.3, -0.25) is 9.78 Å². The zero-order valence-electron chi connectivity index (χ0n) is 21.3. The van der Waals surface area contributed by atoms with Gasteiger partial charge < -0.3 is 14.8 Å². The summed E-state index contributed by atoms with van der Waals surface area (Å²) in [6.45, 7) is 10.1. The van der Waals surface area contributed by atoms with Gasteiger partial charge in [-0.05, 0) is 79.4 Å². The van der Waals surface area contributed by atoms with Crippen LogP contribution >= 0.6 is 0 Å². The average Bonchev–Trinajstić information content (AvgIpc) is 2.95. The molecule has 0 aliphatic carbocycles. The minimum absolute atomic E-state index is 0.0871. The van der Waals surface area contributed by atoms with Crippen LogP contribution in [0.1, 0.15) is 24.0 Å². The Labute approximate surface area is 225 Å². The van der Waals surface area contributed by atoms with Gasteiger partial charge in [0.2, 0.25) is 5.69 Å². The summed E-state index contributed by atoms with van der Waals surface area (Å²) in [5.74, 6) is 0.495. The number of hydrogen-bond donors (Lipinski definition) is 1. The highest BCUT2D eigenvalue weighted by Gasteiger charge is 2.17. The minimum atomic E-state index is -0.561. The molecular weight excluding hydrogens is 500 g/mol. The molecule has 2 heterocycles. The van der Waals surface area contributed by atoms with Crippen LogP contribution in [0.25, 0.3) is 15.7 Å². The number of pyridine rings is 1. The molecule has 8 heteroatoms. The van der Waals surface area contributed by atoms with Crippen molar-refractivity contribution < 1.29 is 23.0 Å². The normalized spacial score (nSPS) is 13.7. The summed E-state index contributed by atoms with van der Waals surface area (Å²) in [4.78, 5) is 20.5. The van der Waals surface area contributed by atoms with Gasteiger partial charge in [0.1, 0.15) is 34.7 Å². The van der Waals surface area contributed by atoms with Gasteiger partial charge in [0.25, 0.3) is 0 Å². The van der Waals surface area contributed by atoms with Crippen LogP contribution in [-0.2, 0) is 17.6 Å². The number of carbonyl (C=O) groups excluding carboxylic acids is 1. The van der Waals surface area contributed by atoms with Crippen LogP contribution in [-0.4, -0.2) is 30.5 Å². The molecule has 4 aromatic rings. The Kier molecular flexibility index (Phi) is 8.09. The van der Waals surface area contributed by atoms with E-state index < -0.39 is 5.82 Å². The van der Waals surface area contributed by atoms with Crippen molar-refractivity contribution in [1.82, 2.24) is 10.3 Å². The third-order valence-corrected chi connectivity index (χ3v) is 6.79. The summed E-state index contributed by atoms with van der Waals surface area (Å²) < 4.78 is 40.0. The predicted octanol–water partition coefficient (Wildman–Crippen LogP) is 6.59. The van der Waals surface area contributed by atoms with Crippen molar-refractivity contribution in [3.8, 4) is 17.2 Å². The summed E-state index contributed by atoms with van der Waals surface area (Å²) in [6, 6.07) is 15.1. The number of fused-ring (bicyclic) bond motifs is 1. The van der Waals surface area contributed by atoms with Gasteiger partial charge in [-0.1, -0.05) is 18.2 Å². The number of hydrogen-bond acceptors (Lipinski definition) is 5. The second-order valence-electron chi connectivity index (χ2n) is 9.64. The number of rotatable bonds is 9. The second-order valence-corrected chi connectivity index (χ2v) is 9.64. The van der Waals surface area contributed by atoms with Gasteiger partial charge in [0, 0.05) is 30.5 Å². The van der Waals surface area contributed by atoms with Crippen LogP contribution in [0, 0.1) is 24.1 Å². The molecule has 6 nitrogen and oxygen atoms in total. The third kappa shape index (κ3) is 6.57. The molecule has 0 spiro atoms. The Morgan fingerprint density at radius 2 is 1.79 bits per heavy atom. The lowest BCUT2D eigenvalue weighted by molar-refractivity contribution is -0.117. The number of halogens is 2. The summed E-state index contributed by atoms with van der Waals surface area (Å²) in [6.07, 6.45) is 3.67. The van der Waals surface area contributed by atoms with Gasteiger partial charge >= 0.3 is 0 Å². The minimum Gasteiger partial charge on any atom is -0.504 e. The highest BCUT2D eigenvalue weighted by atomic mass is 19.1. The first kappa shape index (κ1) is 26.3. The molecule has 1 N–H and O–H groups in total. The summed E-state index contributed by atoms with van der Waals surface area (Å²) in [7, 11) is 0. The maximum atomic E-state index is 14.9. The highest BCUT2D eigenvalue weighted by Crippen LogP contribution is 2.38. The second kappa shape index (κ2) is 12.0. The molecule has 3 aromatic carbocycles. The predicted molar refractivity (Wildman–Crippen MR) is 144 cm³/mol. The Balaban J connectivity index is 1.29. The van der Waals surface area contributed by atoms with Gasteiger partial charge in [-0.15, -0.1) is 0 Å². The summed E-state index contributed by atoms with van der Waals surface area (Å²) >= 11 is 0. The van der Waals surface area contributed by atoms with Crippen molar-refractivity contribution >= 4 is 22.4 Å². The average molecular weight is 528 g/mol. The van der Waals surface area contributed by atoms with Crippen molar-refractivity contribution in [3.05, 3.63) is 101 Å². The quantitative estimate of drug-likeness (QED) is 0.249. The molecule has 198 valence electrons. The maximum Gasteiger partial charge on any atom is 0.229 e. The van der Waals surface area contributed by atoms with Crippen molar-refractivity contribution in [2.24, 2.45) is 5.92 Å². The molecule has 1 fully saturated rings. The molecule has 0 unspecified atom stereocenters. The first-order valence-corrected chi connectivity index (χ1v) is 12.8. The van der Waals surface area contributed by atoms with Crippen LogP contribution in [0.5, 0.6) is 17.2 Å². The molecule has 0 amide bonds. The monoisotopic (exact) mass is 527 g/mol. The molecule has 1 aromatic heterocycles. The van der Waals surface area contributed by atoms with E-state index in [1.165, 1.54) is 24.3 Å². The van der Waals surface area contributed by atoms with E-state index in [9.17, 15) is 13.6 Å². The Bertz CT molecular complexity index is 1530. The van der Waals surface area contributed by atoms with Gasteiger partial charge in [-0.25, -0.2) is 13.6 Å². The van der Waals surface area contributed by atoms with E-state index >= 15 is 0 Å². The molecule has 5 rings (SSSR count). The lowest BCUT2D eigenvalue weighted by Gasteiger charge is -2.23. The van der Waals surface area contributed by atoms with E-state index in [1.54, 1.807) is 42.6 Å². The van der Waals surface area contributed by atoms with Crippen molar-refractivity contribution in [1.29, 1.82) is 0 Å². The first-order valence-electron chi connectivity index (χ1n) is 12.8. The van der Waals surface area contributed by atoms with E-state index in [1.807, 2.05) is 0 Å². The largest absolute Gasteiger partial charge is 0.504 e. The SMILES string of the molecule is [C-]#[N+]c1cc2c(Oc3ccc(CC(=O)Cc4ccc(F)cc4)c(F)c3)ccnc2cc1OCC1CCNCC1. The third-order valence-electron chi connectivity index (χ3n) is 6.79. The van der Waals surface area contributed by atoms with E-state index in [4.69, 9.17) is 16.0 Å². The van der Waals surface area contributed by atoms with Crippen LogP contribution in [0.3, 0.4) is 0 Å². The molecule has 0 radical (unpaired) electrons. The topological polar surface area (TPSA) is 64.8 Å². The lowest BCUT2D eigenvalue weighted by atomic mass is 9.99. The van der Waals surface area contributed by atoms with E-state index in [0.717, 1.165) is 25.9 Å². The smallest absolute Gasteiger partial charge is 0.229 e. The van der Waals surface area contributed by atoms with Gasteiger partial charge in [0.15, 0.2) is 0 Å². The van der Waals surface area contributed by atoms with Crippen LogP contribution in [0.15, 0.2) is 66.9 Å². The number of aromatic nitrogens is 1. The number of nitrogens with one attached hydrogen (secondary N) is 1. The fourth-order valence-corrected chi connectivity index (χ4v) is 4.65. The molecule has 0 bridgehead atoms. The first-order chi connectivity index (χ1) is 19.0. The van der Waals surface area contributed by atoms with Crippen LogP contribution in [0.4, 0.5) is 14.5 Å². The molecule has 39 heavy (non-hydrogen) atoms. The van der Waals surface area contributed by atoms with Gasteiger partial charge in [0.05, 0.1) is 18.7 Å². The molecule has 1 aliphatic rings. The number of carbonyl (C=O) groups is 1. The van der Waals surface area contributed by atoms with Crippen molar-refractivity contribution in [2.75, 3.05) is 19.7 Å². The molecular formula is C31H27F2N3O3. The van der Waals surface area contributed by atoms with Gasteiger partial charge in [-0.2, -0.15) is 0 Å². The molecule has 0 saturated carbocycles. The standard InChI is InChI=1S/C31H27F2N3O3/c1-34-29-17-26-28(18-31(29)38-19-21-8-11-35-12-9-21)36-13-10-30(26)39-25-7-4-22(27(33)16-25)15-24(37)14-20-2-5-23(32)6-3-20/h2-7,10,13,16-18,21,35H,8-9,11-12,14-15,19H2. The number of ether oxygens (including phenoxy) is 2. The number of nitrogens with zero attached hydrogens (tertiary/aromatic N) is 2. The van der Waals surface area contributed by atoms with E-state index in [0.29, 0.717) is 46.2 Å². The van der Waals surface area contributed by atoms with E-state index in [-0.39, 0.29) is 35.8 Å². The zero-order valence-corrected chi connectivity index (χ0v) is 21.3. The Morgan fingerprint density at radius 1 is 1.00 bits per heavy atom. The summed E-state index contributed by atoms with van der Waals surface area (Å²) in [5, 5.41) is 3.94. The Hall–Kier alpha value is -4.35. The van der Waals surface area contributed by atoms with Crippen molar-refractivity contribution in [2.45, 2.75) is 25.7 Å². The number of piperidine rings is 1. The van der Waals surface area contributed by atoms with Crippen LogP contribution in [0.2, 0.25) is 0 Å². The van der Waals surface area contributed by atoms with Crippen LogP contribution < -0.4 is 14.8 Å². The van der Waals surface area contributed by atoms with Crippen molar-refractivity contribution in [3.63, 3.8) is 0 Å². The Morgan fingerprint density at radius 3 is 2.54 bits per heavy atom. The number of ketones is 1. The fraction of sp³-hybridized carbons (Fsp3) is 0.258. The highest BCUT2D eigenvalue weighted by molar-refractivity contribution is 5.91.